The topological polar surface area (TPSA) is 3.24 Å². The van der Waals surface area contributed by atoms with Crippen molar-refractivity contribution in [2.45, 2.75) is 40.0 Å². The minimum Gasteiger partial charge on any atom is -0.302 e. The first-order valence-corrected chi connectivity index (χ1v) is 7.24. The maximum Gasteiger partial charge on any atom is 0.00509 e. The van der Waals surface area contributed by atoms with Crippen LogP contribution in [0.2, 0.25) is 0 Å². The smallest absolute Gasteiger partial charge is 0.00509 e. The molecule has 18 heavy (non-hydrogen) atoms. The highest BCUT2D eigenvalue weighted by molar-refractivity contribution is 5.21. The van der Waals surface area contributed by atoms with Crippen LogP contribution in [0.25, 0.3) is 0 Å². The summed E-state index contributed by atoms with van der Waals surface area (Å²) < 4.78 is 0. The third kappa shape index (κ3) is 3.35. The zero-order valence-electron chi connectivity index (χ0n) is 12.3. The van der Waals surface area contributed by atoms with E-state index >= 15 is 0 Å². The van der Waals surface area contributed by atoms with Crippen LogP contribution in [0.5, 0.6) is 0 Å². The van der Waals surface area contributed by atoms with Gasteiger partial charge in [-0.05, 0) is 35.8 Å². The third-order valence-electron chi connectivity index (χ3n) is 4.55. The summed E-state index contributed by atoms with van der Waals surface area (Å²) in [7, 11) is 0. The Morgan fingerprint density at radius 3 is 2.50 bits per heavy atom. The largest absolute Gasteiger partial charge is 0.302 e. The third-order valence-corrected chi connectivity index (χ3v) is 4.55. The van der Waals surface area contributed by atoms with Gasteiger partial charge in [0, 0.05) is 13.1 Å². The van der Waals surface area contributed by atoms with Crippen molar-refractivity contribution in [3.8, 4) is 0 Å². The molecule has 0 aliphatic carbocycles. The molecule has 1 aliphatic rings. The Hall–Kier alpha value is -0.820. The molecular formula is C17H27N. The van der Waals surface area contributed by atoms with Crippen LogP contribution in [-0.2, 0) is 0 Å². The summed E-state index contributed by atoms with van der Waals surface area (Å²) in [5.74, 6) is 1.50. The number of hydrogen-bond acceptors (Lipinski definition) is 1. The normalized spacial score (nSPS) is 23.2. The Bertz CT molecular complexity index is 363. The van der Waals surface area contributed by atoms with Crippen LogP contribution < -0.4 is 0 Å². The van der Waals surface area contributed by atoms with E-state index in [-0.39, 0.29) is 0 Å². The van der Waals surface area contributed by atoms with E-state index in [4.69, 9.17) is 0 Å². The number of benzene rings is 1. The second-order valence-corrected chi connectivity index (χ2v) is 6.92. The standard InChI is InChI=1S/C17H27N/c1-14(17(2,3)4)12-18-11-10-16(13-18)15-8-6-5-7-9-15/h5-9,14,16H,10-13H2,1-4H3/t14-,16+/m1/s1. The van der Waals surface area contributed by atoms with Crippen LogP contribution in [-0.4, -0.2) is 24.5 Å². The maximum absolute atomic E-state index is 2.65. The number of likely N-dealkylation sites (tertiary alicyclic amines) is 1. The van der Waals surface area contributed by atoms with Gasteiger partial charge in [0.15, 0.2) is 0 Å². The molecule has 1 fully saturated rings. The number of hydrogen-bond donors (Lipinski definition) is 0. The molecule has 0 radical (unpaired) electrons. The van der Waals surface area contributed by atoms with Gasteiger partial charge in [-0.25, -0.2) is 0 Å². The molecule has 0 unspecified atom stereocenters. The first kappa shape index (κ1) is 13.6. The van der Waals surface area contributed by atoms with E-state index in [9.17, 15) is 0 Å². The van der Waals surface area contributed by atoms with E-state index in [0.29, 0.717) is 5.41 Å². The molecule has 1 nitrogen and oxygen atoms in total. The molecule has 2 rings (SSSR count). The van der Waals surface area contributed by atoms with E-state index in [1.165, 1.54) is 31.6 Å². The van der Waals surface area contributed by atoms with Crippen molar-refractivity contribution in [3.05, 3.63) is 35.9 Å². The summed E-state index contributed by atoms with van der Waals surface area (Å²) >= 11 is 0. The lowest BCUT2D eigenvalue weighted by molar-refractivity contribution is 0.181. The van der Waals surface area contributed by atoms with E-state index in [0.717, 1.165) is 11.8 Å². The van der Waals surface area contributed by atoms with Crippen LogP contribution in [0.15, 0.2) is 30.3 Å². The van der Waals surface area contributed by atoms with Crippen molar-refractivity contribution in [2.24, 2.45) is 11.3 Å². The fraction of sp³-hybridized carbons (Fsp3) is 0.647. The van der Waals surface area contributed by atoms with E-state index < -0.39 is 0 Å². The Morgan fingerprint density at radius 1 is 1.22 bits per heavy atom. The summed E-state index contributed by atoms with van der Waals surface area (Å²) in [4.78, 5) is 2.65. The molecule has 1 saturated heterocycles. The van der Waals surface area contributed by atoms with Crippen molar-refractivity contribution in [1.29, 1.82) is 0 Å². The van der Waals surface area contributed by atoms with Gasteiger partial charge in [0.05, 0.1) is 0 Å². The fourth-order valence-electron chi connectivity index (χ4n) is 2.66. The van der Waals surface area contributed by atoms with Gasteiger partial charge in [-0.15, -0.1) is 0 Å². The van der Waals surface area contributed by atoms with Gasteiger partial charge in [0.1, 0.15) is 0 Å². The monoisotopic (exact) mass is 245 g/mol. The van der Waals surface area contributed by atoms with Gasteiger partial charge in [0.2, 0.25) is 0 Å². The fourth-order valence-corrected chi connectivity index (χ4v) is 2.66. The Balaban J connectivity index is 1.89. The molecule has 1 aromatic carbocycles. The van der Waals surface area contributed by atoms with Gasteiger partial charge in [-0.1, -0.05) is 58.0 Å². The number of nitrogens with zero attached hydrogens (tertiary/aromatic N) is 1. The predicted molar refractivity (Wildman–Crippen MR) is 78.9 cm³/mol. The van der Waals surface area contributed by atoms with E-state index in [1.807, 2.05) is 0 Å². The summed E-state index contributed by atoms with van der Waals surface area (Å²) in [5.41, 5.74) is 1.94. The molecule has 2 atom stereocenters. The van der Waals surface area contributed by atoms with Gasteiger partial charge < -0.3 is 4.90 Å². The lowest BCUT2D eigenvalue weighted by atomic mass is 9.82. The summed E-state index contributed by atoms with van der Waals surface area (Å²) in [5, 5.41) is 0. The van der Waals surface area contributed by atoms with Crippen molar-refractivity contribution in [1.82, 2.24) is 4.90 Å². The van der Waals surface area contributed by atoms with Gasteiger partial charge in [-0.3, -0.25) is 0 Å². The second-order valence-electron chi connectivity index (χ2n) is 6.92. The molecule has 1 aromatic rings. The predicted octanol–water partition coefficient (Wildman–Crippen LogP) is 4.16. The summed E-state index contributed by atoms with van der Waals surface area (Å²) in [6.07, 6.45) is 1.32. The molecule has 1 heterocycles. The van der Waals surface area contributed by atoms with Crippen LogP contribution >= 0.6 is 0 Å². The molecule has 0 amide bonds. The van der Waals surface area contributed by atoms with Gasteiger partial charge >= 0.3 is 0 Å². The van der Waals surface area contributed by atoms with Crippen molar-refractivity contribution >= 4 is 0 Å². The van der Waals surface area contributed by atoms with Crippen LogP contribution in [0.1, 0.15) is 45.6 Å². The molecular weight excluding hydrogens is 218 g/mol. The molecule has 1 aliphatic heterocycles. The minimum absolute atomic E-state index is 0.421. The average Bonchev–Trinajstić information content (AvgIpc) is 2.77. The molecule has 0 saturated carbocycles. The Labute approximate surface area is 112 Å². The lowest BCUT2D eigenvalue weighted by Crippen LogP contribution is -2.32. The van der Waals surface area contributed by atoms with Crippen LogP contribution in [0.3, 0.4) is 0 Å². The summed E-state index contributed by atoms with van der Waals surface area (Å²) in [6, 6.07) is 11.0. The zero-order chi connectivity index (χ0) is 13.2. The van der Waals surface area contributed by atoms with Crippen molar-refractivity contribution in [3.63, 3.8) is 0 Å². The van der Waals surface area contributed by atoms with E-state index in [1.54, 1.807) is 0 Å². The molecule has 0 spiro atoms. The first-order chi connectivity index (χ1) is 8.47. The Morgan fingerprint density at radius 2 is 1.89 bits per heavy atom. The quantitative estimate of drug-likeness (QED) is 0.773. The molecule has 0 bridgehead atoms. The first-order valence-electron chi connectivity index (χ1n) is 7.24. The second kappa shape index (κ2) is 5.44. The molecule has 0 aromatic heterocycles. The highest BCUT2D eigenvalue weighted by atomic mass is 15.1. The lowest BCUT2D eigenvalue weighted by Gasteiger charge is -2.31. The zero-order valence-corrected chi connectivity index (χ0v) is 12.3. The van der Waals surface area contributed by atoms with Crippen LogP contribution in [0.4, 0.5) is 0 Å². The number of rotatable bonds is 3. The van der Waals surface area contributed by atoms with Gasteiger partial charge in [0.25, 0.3) is 0 Å². The van der Waals surface area contributed by atoms with E-state index in [2.05, 4.69) is 62.9 Å². The van der Waals surface area contributed by atoms with Crippen molar-refractivity contribution < 1.29 is 0 Å². The maximum atomic E-state index is 2.65. The van der Waals surface area contributed by atoms with Crippen molar-refractivity contribution in [2.75, 3.05) is 19.6 Å². The average molecular weight is 245 g/mol. The highest BCUT2D eigenvalue weighted by Crippen LogP contribution is 2.31. The summed E-state index contributed by atoms with van der Waals surface area (Å²) in [6.45, 7) is 13.2. The SMILES string of the molecule is C[C@H](CN1CC[C@H](c2ccccc2)C1)C(C)(C)C. The van der Waals surface area contributed by atoms with Gasteiger partial charge in [-0.2, -0.15) is 0 Å². The Kier molecular flexibility index (Phi) is 4.11. The molecule has 1 heteroatoms. The molecule has 0 N–H and O–H groups in total. The minimum atomic E-state index is 0.421. The van der Waals surface area contributed by atoms with Crippen LogP contribution in [0, 0.1) is 11.3 Å². The highest BCUT2D eigenvalue weighted by Gasteiger charge is 2.28. The molecule has 100 valence electrons.